The molecule has 1 amide bonds. The Kier molecular flexibility index (Phi) is 5.26. The molecule has 4 nitrogen and oxygen atoms in total. The Bertz CT molecular complexity index is 553. The molecule has 0 aromatic carbocycles. The predicted molar refractivity (Wildman–Crippen MR) is 84.9 cm³/mol. The summed E-state index contributed by atoms with van der Waals surface area (Å²) < 4.78 is 0. The number of thiophene rings is 1. The van der Waals surface area contributed by atoms with Crippen molar-refractivity contribution in [2.24, 2.45) is 5.73 Å². The van der Waals surface area contributed by atoms with Gasteiger partial charge in [0.1, 0.15) is 0 Å². The zero-order chi connectivity index (χ0) is 14.4. The Morgan fingerprint density at radius 3 is 2.50 bits per heavy atom. The zero-order valence-electron chi connectivity index (χ0n) is 11.6. The van der Waals surface area contributed by atoms with Crippen LogP contribution in [0.4, 0.5) is 0 Å². The Hall–Kier alpha value is -1.72. The summed E-state index contributed by atoms with van der Waals surface area (Å²) in [5.74, 6) is -0.391. The van der Waals surface area contributed by atoms with Crippen LogP contribution in [0.15, 0.2) is 36.5 Å². The summed E-state index contributed by atoms with van der Waals surface area (Å²) in [7, 11) is 2.17. The van der Waals surface area contributed by atoms with E-state index in [1.54, 1.807) is 12.3 Å². The lowest BCUT2D eigenvalue weighted by atomic mass is 10.3. The van der Waals surface area contributed by atoms with Crippen LogP contribution < -0.4 is 5.73 Å². The smallest absolute Gasteiger partial charge is 0.258 e. The molecule has 0 unspecified atom stereocenters. The monoisotopic (exact) mass is 291 g/mol. The lowest BCUT2D eigenvalue weighted by Crippen LogP contribution is -2.10. The Morgan fingerprint density at radius 1 is 1.30 bits per heavy atom. The number of hydrogen-bond donors (Lipinski definition) is 1. The first-order chi connectivity index (χ1) is 9.66. The van der Waals surface area contributed by atoms with Crippen molar-refractivity contribution in [3.8, 4) is 10.6 Å². The summed E-state index contributed by atoms with van der Waals surface area (Å²) >= 11 is 1.36. The number of hydrogen-bond acceptors (Lipinski definition) is 4. The fourth-order valence-corrected chi connectivity index (χ4v) is 2.83. The molecular formula is C15H21N3OS. The van der Waals surface area contributed by atoms with E-state index >= 15 is 0 Å². The van der Waals surface area contributed by atoms with Crippen molar-refractivity contribution in [1.82, 2.24) is 9.88 Å². The van der Waals surface area contributed by atoms with Gasteiger partial charge in [-0.3, -0.25) is 9.78 Å². The van der Waals surface area contributed by atoms with Crippen LogP contribution in [-0.2, 0) is 0 Å². The summed E-state index contributed by atoms with van der Waals surface area (Å²) in [4.78, 5) is 18.9. The van der Waals surface area contributed by atoms with Crippen LogP contribution in [0.1, 0.15) is 23.9 Å². The van der Waals surface area contributed by atoms with Gasteiger partial charge in [-0.25, -0.2) is 0 Å². The highest BCUT2D eigenvalue weighted by molar-refractivity contribution is 7.17. The third-order valence-corrected chi connectivity index (χ3v) is 4.22. The van der Waals surface area contributed by atoms with E-state index in [2.05, 4.69) is 16.9 Å². The maximum Gasteiger partial charge on any atom is 0.258 e. The normalized spacial score (nSPS) is 14.7. The average Bonchev–Trinajstić information content (AvgIpc) is 3.11. The standard InChI is InChI=1S/C10H8N2OS.C5H11N.H2/c11-10(13)9-5-4-8(14-9)7-3-1-2-6-12-7;1-6-4-2-3-5-6;/h1-6H,(H2,11,13);2-5H2,1H3;1H. The van der Waals surface area contributed by atoms with Gasteiger partial charge in [0.2, 0.25) is 0 Å². The van der Waals surface area contributed by atoms with Crippen molar-refractivity contribution >= 4 is 17.2 Å². The molecule has 1 aliphatic rings. The molecule has 2 N–H and O–H groups in total. The molecule has 20 heavy (non-hydrogen) atoms. The van der Waals surface area contributed by atoms with Crippen LogP contribution in [0.2, 0.25) is 0 Å². The van der Waals surface area contributed by atoms with E-state index in [0.29, 0.717) is 4.88 Å². The lowest BCUT2D eigenvalue weighted by molar-refractivity contribution is 0.100. The number of carbonyl (C=O) groups is 1. The maximum atomic E-state index is 10.9. The molecule has 2 aromatic rings. The summed E-state index contributed by atoms with van der Waals surface area (Å²) in [5.41, 5.74) is 6.02. The molecule has 3 heterocycles. The molecule has 0 saturated carbocycles. The lowest BCUT2D eigenvalue weighted by Gasteiger charge is -2.01. The van der Waals surface area contributed by atoms with Crippen molar-refractivity contribution in [3.05, 3.63) is 41.4 Å². The Morgan fingerprint density at radius 2 is 2.05 bits per heavy atom. The van der Waals surface area contributed by atoms with Crippen LogP contribution in [0, 0.1) is 0 Å². The SMILES string of the molecule is CN1CCCC1.NC(=O)c1ccc(-c2ccccn2)s1.[HH]. The van der Waals surface area contributed by atoms with Gasteiger partial charge in [-0.1, -0.05) is 6.07 Å². The van der Waals surface area contributed by atoms with Crippen LogP contribution >= 0.6 is 11.3 Å². The van der Waals surface area contributed by atoms with Gasteiger partial charge in [0.15, 0.2) is 0 Å². The van der Waals surface area contributed by atoms with Gasteiger partial charge in [0, 0.05) is 7.62 Å². The minimum atomic E-state index is -0.391. The second kappa shape index (κ2) is 7.17. The summed E-state index contributed by atoms with van der Waals surface area (Å²) in [6, 6.07) is 9.23. The fourth-order valence-electron chi connectivity index (χ4n) is 1.99. The van der Waals surface area contributed by atoms with Gasteiger partial charge in [-0.2, -0.15) is 0 Å². The van der Waals surface area contributed by atoms with Crippen LogP contribution in [0.5, 0.6) is 0 Å². The van der Waals surface area contributed by atoms with Crippen molar-refractivity contribution in [2.45, 2.75) is 12.8 Å². The first-order valence-electron chi connectivity index (χ1n) is 6.66. The molecule has 0 spiro atoms. The number of aromatic nitrogens is 1. The van der Waals surface area contributed by atoms with Gasteiger partial charge < -0.3 is 10.6 Å². The third-order valence-electron chi connectivity index (χ3n) is 3.10. The minimum Gasteiger partial charge on any atom is -0.365 e. The van der Waals surface area contributed by atoms with Crippen LogP contribution in [0.3, 0.4) is 0 Å². The van der Waals surface area contributed by atoms with E-state index in [0.717, 1.165) is 10.6 Å². The molecular weight excluding hydrogens is 270 g/mol. The molecule has 0 atom stereocenters. The number of pyridine rings is 1. The predicted octanol–water partition coefficient (Wildman–Crippen LogP) is 2.87. The van der Waals surface area contributed by atoms with E-state index < -0.39 is 5.91 Å². The average molecular weight is 291 g/mol. The molecule has 3 rings (SSSR count). The number of amides is 1. The van der Waals surface area contributed by atoms with E-state index in [-0.39, 0.29) is 1.43 Å². The highest BCUT2D eigenvalue weighted by Gasteiger charge is 2.06. The number of rotatable bonds is 2. The van der Waals surface area contributed by atoms with E-state index in [4.69, 9.17) is 5.73 Å². The number of likely N-dealkylation sites (tertiary alicyclic amines) is 1. The molecule has 5 heteroatoms. The summed E-state index contributed by atoms with van der Waals surface area (Å²) in [6.07, 6.45) is 4.55. The molecule has 108 valence electrons. The van der Waals surface area contributed by atoms with Gasteiger partial charge in [-0.15, -0.1) is 11.3 Å². The summed E-state index contributed by atoms with van der Waals surface area (Å²) in [5, 5.41) is 0. The van der Waals surface area contributed by atoms with Crippen molar-refractivity contribution < 1.29 is 6.22 Å². The molecule has 0 radical (unpaired) electrons. The maximum absolute atomic E-state index is 10.9. The largest absolute Gasteiger partial charge is 0.365 e. The van der Waals surface area contributed by atoms with Crippen LogP contribution in [-0.4, -0.2) is 35.9 Å². The van der Waals surface area contributed by atoms with Crippen molar-refractivity contribution in [1.29, 1.82) is 0 Å². The van der Waals surface area contributed by atoms with Gasteiger partial charge >= 0.3 is 0 Å². The molecule has 2 aromatic heterocycles. The number of carbonyl (C=O) groups excluding carboxylic acids is 1. The Labute approximate surface area is 124 Å². The van der Waals surface area contributed by atoms with E-state index in [1.807, 2.05) is 24.3 Å². The number of nitrogens with zero attached hydrogens (tertiary/aromatic N) is 2. The topological polar surface area (TPSA) is 59.2 Å². The first-order valence-corrected chi connectivity index (χ1v) is 7.48. The summed E-state index contributed by atoms with van der Waals surface area (Å²) in [6.45, 7) is 2.64. The molecule has 0 aliphatic carbocycles. The molecule has 1 saturated heterocycles. The fraction of sp³-hybridized carbons (Fsp3) is 0.333. The highest BCUT2D eigenvalue weighted by Crippen LogP contribution is 2.25. The Balaban J connectivity index is 0.000000267. The zero-order valence-corrected chi connectivity index (χ0v) is 12.4. The van der Waals surface area contributed by atoms with Crippen molar-refractivity contribution in [3.63, 3.8) is 0 Å². The van der Waals surface area contributed by atoms with Gasteiger partial charge in [0.05, 0.1) is 15.4 Å². The number of primary amides is 1. The third kappa shape index (κ3) is 4.15. The quantitative estimate of drug-likeness (QED) is 0.925. The van der Waals surface area contributed by atoms with E-state index in [1.165, 1.54) is 37.3 Å². The minimum absolute atomic E-state index is 0. The molecule has 0 bridgehead atoms. The second-order valence-corrected chi connectivity index (χ2v) is 5.84. The van der Waals surface area contributed by atoms with E-state index in [9.17, 15) is 4.79 Å². The number of nitrogens with two attached hydrogens (primary N) is 1. The first kappa shape index (κ1) is 14.7. The van der Waals surface area contributed by atoms with Gasteiger partial charge in [0.25, 0.3) is 5.91 Å². The van der Waals surface area contributed by atoms with Crippen LogP contribution in [0.25, 0.3) is 10.6 Å². The van der Waals surface area contributed by atoms with Gasteiger partial charge in [-0.05, 0) is 57.2 Å². The molecule has 1 fully saturated rings. The van der Waals surface area contributed by atoms with Crippen molar-refractivity contribution in [2.75, 3.05) is 20.1 Å². The molecule has 1 aliphatic heterocycles. The highest BCUT2D eigenvalue weighted by atomic mass is 32.1. The second-order valence-electron chi connectivity index (χ2n) is 4.75.